The number of amides is 1. The van der Waals surface area contributed by atoms with Crippen molar-refractivity contribution in [3.8, 4) is 0 Å². The quantitative estimate of drug-likeness (QED) is 0.680. The number of imidazole rings is 1. The van der Waals surface area contributed by atoms with Gasteiger partial charge < -0.3 is 9.88 Å². The summed E-state index contributed by atoms with van der Waals surface area (Å²) in [5, 5.41) is 3.75. The number of fused-ring (bicyclic) bond motifs is 1. The molecule has 0 radical (unpaired) electrons. The molecule has 1 heterocycles. The van der Waals surface area contributed by atoms with Crippen LogP contribution in [0.5, 0.6) is 0 Å². The number of hydrogen-bond acceptors (Lipinski definition) is 2. The lowest BCUT2D eigenvalue weighted by Gasteiger charge is -2.17. The average molecular weight is 370 g/mol. The van der Waals surface area contributed by atoms with E-state index in [1.807, 2.05) is 37.3 Å². The van der Waals surface area contributed by atoms with Crippen molar-refractivity contribution in [2.45, 2.75) is 39.8 Å². The van der Waals surface area contributed by atoms with Crippen molar-refractivity contribution in [1.82, 2.24) is 14.9 Å². The lowest BCUT2D eigenvalue weighted by atomic mass is 10.1. The van der Waals surface area contributed by atoms with Gasteiger partial charge >= 0.3 is 0 Å². The van der Waals surface area contributed by atoms with E-state index in [1.54, 1.807) is 12.1 Å². The van der Waals surface area contributed by atoms with Gasteiger partial charge in [0, 0.05) is 11.6 Å². The van der Waals surface area contributed by atoms with Gasteiger partial charge in [-0.3, -0.25) is 4.79 Å². The lowest BCUT2D eigenvalue weighted by Crippen LogP contribution is -2.30. The molecule has 26 heavy (non-hydrogen) atoms. The van der Waals surface area contributed by atoms with Crippen LogP contribution in [0.15, 0.2) is 48.5 Å². The van der Waals surface area contributed by atoms with Gasteiger partial charge in [-0.1, -0.05) is 49.7 Å². The van der Waals surface area contributed by atoms with Gasteiger partial charge in [-0.05, 0) is 42.7 Å². The molecule has 0 bridgehead atoms. The maximum absolute atomic E-state index is 12.4. The molecule has 0 saturated carbocycles. The Kier molecular flexibility index (Phi) is 5.62. The summed E-state index contributed by atoms with van der Waals surface area (Å²) in [6.07, 6.45) is 0.325. The minimum atomic E-state index is -0.166. The maximum Gasteiger partial charge on any atom is 0.224 e. The monoisotopic (exact) mass is 369 g/mol. The summed E-state index contributed by atoms with van der Waals surface area (Å²) in [5.74, 6) is 1.36. The Balaban J connectivity index is 1.79. The fourth-order valence-corrected chi connectivity index (χ4v) is 3.25. The molecule has 1 amide bonds. The van der Waals surface area contributed by atoms with E-state index in [2.05, 4.69) is 29.8 Å². The zero-order chi connectivity index (χ0) is 18.7. The number of para-hydroxylation sites is 2. The predicted molar refractivity (Wildman–Crippen MR) is 106 cm³/mol. The van der Waals surface area contributed by atoms with E-state index in [-0.39, 0.29) is 11.9 Å². The second kappa shape index (κ2) is 7.92. The van der Waals surface area contributed by atoms with Crippen LogP contribution in [0.1, 0.15) is 38.2 Å². The number of nitrogens with zero attached hydrogens (tertiary/aromatic N) is 2. The van der Waals surface area contributed by atoms with Crippen molar-refractivity contribution in [2.75, 3.05) is 0 Å². The molecular weight excluding hydrogens is 346 g/mol. The fraction of sp³-hybridized carbons (Fsp3) is 0.333. The van der Waals surface area contributed by atoms with E-state index < -0.39 is 0 Å². The third-order valence-electron chi connectivity index (χ3n) is 4.27. The summed E-state index contributed by atoms with van der Waals surface area (Å²) >= 11 is 5.90. The van der Waals surface area contributed by atoms with E-state index in [0.29, 0.717) is 17.4 Å². The molecule has 3 rings (SSSR count). The van der Waals surface area contributed by atoms with Gasteiger partial charge in [0.15, 0.2) is 0 Å². The first-order valence-electron chi connectivity index (χ1n) is 8.93. The Morgan fingerprint density at radius 1 is 1.12 bits per heavy atom. The van der Waals surface area contributed by atoms with Crippen LogP contribution in [0.2, 0.25) is 5.02 Å². The van der Waals surface area contributed by atoms with Crippen LogP contribution in [0.3, 0.4) is 0 Å². The summed E-state index contributed by atoms with van der Waals surface area (Å²) in [6, 6.07) is 15.3. The Morgan fingerprint density at radius 3 is 2.50 bits per heavy atom. The minimum Gasteiger partial charge on any atom is -0.346 e. The van der Waals surface area contributed by atoms with Crippen LogP contribution in [0.4, 0.5) is 0 Å². The molecular formula is C21H24ClN3O. The molecule has 0 aliphatic rings. The molecule has 1 N–H and O–H groups in total. The van der Waals surface area contributed by atoms with Crippen LogP contribution in [0, 0.1) is 5.92 Å². The second-order valence-corrected chi connectivity index (χ2v) is 7.49. The van der Waals surface area contributed by atoms with Crippen molar-refractivity contribution in [2.24, 2.45) is 5.92 Å². The zero-order valence-corrected chi connectivity index (χ0v) is 16.1. The van der Waals surface area contributed by atoms with Gasteiger partial charge in [0.2, 0.25) is 5.91 Å². The van der Waals surface area contributed by atoms with Crippen molar-refractivity contribution < 1.29 is 4.79 Å². The minimum absolute atomic E-state index is 0.0250. The highest BCUT2D eigenvalue weighted by atomic mass is 35.5. The molecule has 0 aliphatic heterocycles. The largest absolute Gasteiger partial charge is 0.346 e. The van der Waals surface area contributed by atoms with Gasteiger partial charge in [0.1, 0.15) is 5.82 Å². The number of benzene rings is 2. The van der Waals surface area contributed by atoms with E-state index in [1.165, 1.54) is 0 Å². The number of nitrogens with one attached hydrogen (secondary N) is 1. The van der Waals surface area contributed by atoms with E-state index in [0.717, 1.165) is 29.0 Å². The maximum atomic E-state index is 12.4. The molecule has 0 spiro atoms. The van der Waals surface area contributed by atoms with Crippen molar-refractivity contribution in [1.29, 1.82) is 0 Å². The molecule has 1 aromatic heterocycles. The molecule has 5 heteroatoms. The highest BCUT2D eigenvalue weighted by Gasteiger charge is 2.19. The van der Waals surface area contributed by atoms with Crippen LogP contribution in [-0.2, 0) is 17.8 Å². The third kappa shape index (κ3) is 4.25. The molecule has 4 nitrogen and oxygen atoms in total. The van der Waals surface area contributed by atoms with Gasteiger partial charge in [0.25, 0.3) is 0 Å². The first-order valence-corrected chi connectivity index (χ1v) is 9.31. The van der Waals surface area contributed by atoms with Crippen LogP contribution < -0.4 is 5.32 Å². The number of carbonyl (C=O) groups is 1. The highest BCUT2D eigenvalue weighted by Crippen LogP contribution is 2.22. The molecule has 0 saturated heterocycles. The second-order valence-electron chi connectivity index (χ2n) is 7.06. The molecule has 136 valence electrons. The highest BCUT2D eigenvalue weighted by molar-refractivity contribution is 6.30. The standard InChI is InChI=1S/C21H24ClN3O/c1-14(2)13-25-19-7-5-4-6-18(19)24-21(25)15(3)23-20(26)12-16-8-10-17(22)11-9-16/h4-11,14-15H,12-13H2,1-3H3,(H,23,26). The number of carbonyl (C=O) groups excluding carboxylic acids is 1. The first kappa shape index (κ1) is 18.5. The molecule has 3 aromatic rings. The summed E-state index contributed by atoms with van der Waals surface area (Å²) in [4.78, 5) is 17.2. The summed E-state index contributed by atoms with van der Waals surface area (Å²) < 4.78 is 2.22. The Bertz CT molecular complexity index is 899. The Hall–Kier alpha value is -2.33. The summed E-state index contributed by atoms with van der Waals surface area (Å²) in [6.45, 7) is 7.22. The van der Waals surface area contributed by atoms with Crippen LogP contribution >= 0.6 is 11.6 Å². The molecule has 1 atom stereocenters. The zero-order valence-electron chi connectivity index (χ0n) is 15.4. The van der Waals surface area contributed by atoms with Gasteiger partial charge in [-0.15, -0.1) is 0 Å². The summed E-state index contributed by atoms with van der Waals surface area (Å²) in [7, 11) is 0. The lowest BCUT2D eigenvalue weighted by molar-refractivity contribution is -0.121. The number of halogens is 1. The number of rotatable bonds is 6. The van der Waals surface area contributed by atoms with E-state index in [9.17, 15) is 4.79 Å². The van der Waals surface area contributed by atoms with Crippen LogP contribution in [-0.4, -0.2) is 15.5 Å². The Morgan fingerprint density at radius 2 is 1.81 bits per heavy atom. The van der Waals surface area contributed by atoms with Gasteiger partial charge in [-0.25, -0.2) is 4.98 Å². The van der Waals surface area contributed by atoms with E-state index in [4.69, 9.17) is 16.6 Å². The SMILES string of the molecule is CC(C)Cn1c(C(C)NC(=O)Cc2ccc(Cl)cc2)nc2ccccc21. The predicted octanol–water partition coefficient (Wildman–Crippen LogP) is 4.77. The molecule has 0 fully saturated rings. The average Bonchev–Trinajstić information content (AvgIpc) is 2.95. The summed E-state index contributed by atoms with van der Waals surface area (Å²) in [5.41, 5.74) is 3.01. The topological polar surface area (TPSA) is 46.9 Å². The Labute approximate surface area is 159 Å². The van der Waals surface area contributed by atoms with Gasteiger partial charge in [0.05, 0.1) is 23.5 Å². The van der Waals surface area contributed by atoms with Crippen LogP contribution in [0.25, 0.3) is 11.0 Å². The third-order valence-corrected chi connectivity index (χ3v) is 4.53. The molecule has 0 aliphatic carbocycles. The van der Waals surface area contributed by atoms with Crippen molar-refractivity contribution in [3.63, 3.8) is 0 Å². The molecule has 2 aromatic carbocycles. The molecule has 1 unspecified atom stereocenters. The smallest absolute Gasteiger partial charge is 0.224 e. The first-order chi connectivity index (χ1) is 12.4. The number of aromatic nitrogens is 2. The number of hydrogen-bond donors (Lipinski definition) is 1. The van der Waals surface area contributed by atoms with Crippen molar-refractivity contribution >= 4 is 28.5 Å². The fourth-order valence-electron chi connectivity index (χ4n) is 3.13. The van der Waals surface area contributed by atoms with Crippen molar-refractivity contribution in [3.05, 3.63) is 64.9 Å². The van der Waals surface area contributed by atoms with E-state index >= 15 is 0 Å². The normalized spacial score (nSPS) is 12.5. The van der Waals surface area contributed by atoms with Gasteiger partial charge in [-0.2, -0.15) is 0 Å².